The Labute approximate surface area is 137 Å². The molecule has 0 radical (unpaired) electrons. The smallest absolute Gasteiger partial charge is 0.272 e. The molecule has 0 aliphatic carbocycles. The fraction of sp³-hybridized carbons (Fsp3) is 0.235. The molecule has 0 saturated heterocycles. The molecule has 22 heavy (non-hydrogen) atoms. The van der Waals surface area contributed by atoms with Crippen molar-refractivity contribution in [2.45, 2.75) is 13.0 Å². The van der Waals surface area contributed by atoms with Crippen molar-refractivity contribution >= 4 is 39.7 Å². The third-order valence-corrected chi connectivity index (χ3v) is 5.75. The van der Waals surface area contributed by atoms with Gasteiger partial charge in [0, 0.05) is 35.9 Å². The molecule has 5 heteroatoms. The first-order valence-corrected chi connectivity index (χ1v) is 8.50. The maximum atomic E-state index is 13.0. The number of hydrogen-bond donors (Lipinski definition) is 0. The van der Waals surface area contributed by atoms with E-state index in [4.69, 9.17) is 11.6 Å². The summed E-state index contributed by atoms with van der Waals surface area (Å²) in [6.45, 7) is 1.43. The molecule has 3 aromatic rings. The van der Waals surface area contributed by atoms with E-state index in [1.54, 1.807) is 11.3 Å². The number of nitrogens with zero attached hydrogens (tertiary/aromatic N) is 2. The number of carbonyl (C=O) groups is 1. The van der Waals surface area contributed by atoms with Gasteiger partial charge in [-0.1, -0.05) is 29.8 Å². The maximum Gasteiger partial charge on any atom is 0.272 e. The summed E-state index contributed by atoms with van der Waals surface area (Å²) < 4.78 is 1.91. The van der Waals surface area contributed by atoms with Crippen LogP contribution < -0.4 is 0 Å². The van der Waals surface area contributed by atoms with Crippen molar-refractivity contribution < 1.29 is 4.79 Å². The number of thiophene rings is 1. The second-order valence-electron chi connectivity index (χ2n) is 5.58. The van der Waals surface area contributed by atoms with Crippen molar-refractivity contribution in [2.75, 3.05) is 6.54 Å². The van der Waals surface area contributed by atoms with E-state index in [1.165, 1.54) is 10.4 Å². The van der Waals surface area contributed by atoms with Gasteiger partial charge in [0.15, 0.2) is 0 Å². The Morgan fingerprint density at radius 1 is 1.27 bits per heavy atom. The topological polar surface area (TPSA) is 25.2 Å². The Balaban J connectivity index is 1.75. The first kappa shape index (κ1) is 13.9. The maximum absolute atomic E-state index is 13.0. The number of aryl methyl sites for hydroxylation is 1. The van der Waals surface area contributed by atoms with Crippen molar-refractivity contribution in [1.29, 1.82) is 0 Å². The van der Waals surface area contributed by atoms with Crippen molar-refractivity contribution in [1.82, 2.24) is 9.47 Å². The Kier molecular flexibility index (Phi) is 3.24. The summed E-state index contributed by atoms with van der Waals surface area (Å²) in [5, 5.41) is 3.59. The van der Waals surface area contributed by atoms with Gasteiger partial charge >= 0.3 is 0 Å². The first-order valence-electron chi connectivity index (χ1n) is 7.24. The predicted molar refractivity (Wildman–Crippen MR) is 90.7 cm³/mol. The van der Waals surface area contributed by atoms with Gasteiger partial charge in [-0.3, -0.25) is 4.79 Å². The minimum Gasteiger partial charge on any atom is -0.338 e. The van der Waals surface area contributed by atoms with E-state index in [0.717, 1.165) is 23.9 Å². The summed E-state index contributed by atoms with van der Waals surface area (Å²) in [6.07, 6.45) is 0.931. The molecule has 0 unspecified atom stereocenters. The molecule has 3 nitrogen and oxygen atoms in total. The van der Waals surface area contributed by atoms with Crippen LogP contribution in [0.4, 0.5) is 0 Å². The predicted octanol–water partition coefficient (Wildman–Crippen LogP) is 4.09. The molecular weight excluding hydrogens is 316 g/mol. The Bertz CT molecular complexity index is 841. The lowest BCUT2D eigenvalue weighted by Crippen LogP contribution is -2.36. The number of aromatic nitrogens is 1. The molecule has 0 fully saturated rings. The standard InChI is InChI=1S/C17H15ClN2OS/c1-19-13-5-3-2-4-12(13)15(18)16(19)17(21)20-8-6-14-11(10-20)7-9-22-14/h2-5,7,9H,6,8,10H2,1H3. The number of rotatable bonds is 1. The van der Waals surface area contributed by atoms with E-state index < -0.39 is 0 Å². The average Bonchev–Trinajstić information content (AvgIpc) is 3.10. The average molecular weight is 331 g/mol. The highest BCUT2D eigenvalue weighted by Gasteiger charge is 2.27. The summed E-state index contributed by atoms with van der Waals surface area (Å²) in [6, 6.07) is 9.97. The molecule has 4 rings (SSSR count). The Morgan fingerprint density at radius 2 is 2.09 bits per heavy atom. The summed E-state index contributed by atoms with van der Waals surface area (Å²) in [7, 11) is 1.90. The van der Waals surface area contributed by atoms with Crippen LogP contribution in [-0.2, 0) is 20.0 Å². The zero-order valence-electron chi connectivity index (χ0n) is 12.2. The lowest BCUT2D eigenvalue weighted by molar-refractivity contribution is 0.0727. The van der Waals surface area contributed by atoms with Gasteiger partial charge in [0.25, 0.3) is 5.91 Å². The van der Waals surface area contributed by atoms with E-state index >= 15 is 0 Å². The second-order valence-corrected chi connectivity index (χ2v) is 6.96. The molecule has 0 atom stereocenters. The van der Waals surface area contributed by atoms with E-state index in [1.807, 2.05) is 40.8 Å². The van der Waals surface area contributed by atoms with Gasteiger partial charge in [-0.2, -0.15) is 0 Å². The number of benzene rings is 1. The summed E-state index contributed by atoms with van der Waals surface area (Å²) in [5.41, 5.74) is 2.84. The van der Waals surface area contributed by atoms with E-state index in [-0.39, 0.29) is 5.91 Å². The van der Waals surface area contributed by atoms with Gasteiger partial charge in [-0.25, -0.2) is 0 Å². The SMILES string of the molecule is Cn1c(C(=O)N2CCc3sccc3C2)c(Cl)c2ccccc21. The van der Waals surface area contributed by atoms with Crippen molar-refractivity contribution in [3.63, 3.8) is 0 Å². The van der Waals surface area contributed by atoms with Crippen LogP contribution in [0.3, 0.4) is 0 Å². The van der Waals surface area contributed by atoms with Crippen LogP contribution in [0.15, 0.2) is 35.7 Å². The minimum atomic E-state index is 0.0144. The number of amides is 1. The number of fused-ring (bicyclic) bond motifs is 2. The van der Waals surface area contributed by atoms with Gasteiger partial charge in [0.1, 0.15) is 5.69 Å². The van der Waals surface area contributed by atoms with Crippen LogP contribution in [0.5, 0.6) is 0 Å². The molecule has 112 valence electrons. The number of halogens is 1. The summed E-state index contributed by atoms with van der Waals surface area (Å²) in [5.74, 6) is 0.0144. The molecule has 0 saturated carbocycles. The van der Waals surface area contributed by atoms with Gasteiger partial charge in [0.05, 0.1) is 5.02 Å². The molecular formula is C17H15ClN2OS. The normalized spacial score (nSPS) is 14.4. The van der Waals surface area contributed by atoms with Gasteiger partial charge in [-0.15, -0.1) is 11.3 Å². The highest BCUT2D eigenvalue weighted by Crippen LogP contribution is 2.32. The van der Waals surface area contributed by atoms with Crippen LogP contribution in [0, 0.1) is 0 Å². The Hall–Kier alpha value is -1.78. The highest BCUT2D eigenvalue weighted by molar-refractivity contribution is 7.10. The quantitative estimate of drug-likeness (QED) is 0.659. The fourth-order valence-corrected chi connectivity index (χ4v) is 4.41. The molecule has 1 aliphatic heterocycles. The van der Waals surface area contributed by atoms with Crippen LogP contribution >= 0.6 is 22.9 Å². The molecule has 3 heterocycles. The molecule has 1 amide bonds. The van der Waals surface area contributed by atoms with Crippen LogP contribution in [0.1, 0.15) is 20.9 Å². The van der Waals surface area contributed by atoms with Crippen LogP contribution in [0.2, 0.25) is 5.02 Å². The summed E-state index contributed by atoms with van der Waals surface area (Å²) in [4.78, 5) is 16.3. The van der Waals surface area contributed by atoms with Gasteiger partial charge in [0.2, 0.25) is 0 Å². The third kappa shape index (κ3) is 1.98. The number of hydrogen-bond acceptors (Lipinski definition) is 2. The largest absolute Gasteiger partial charge is 0.338 e. The number of carbonyl (C=O) groups excluding carboxylic acids is 1. The molecule has 0 bridgehead atoms. The zero-order chi connectivity index (χ0) is 15.3. The molecule has 1 aliphatic rings. The van der Waals surface area contributed by atoms with Crippen molar-refractivity contribution in [3.8, 4) is 0 Å². The van der Waals surface area contributed by atoms with E-state index in [0.29, 0.717) is 17.3 Å². The van der Waals surface area contributed by atoms with Gasteiger partial charge in [-0.05, 0) is 29.5 Å². The summed E-state index contributed by atoms with van der Waals surface area (Å²) >= 11 is 8.27. The second kappa shape index (κ2) is 5.14. The van der Waals surface area contributed by atoms with E-state index in [2.05, 4.69) is 11.4 Å². The molecule has 1 aromatic carbocycles. The van der Waals surface area contributed by atoms with Crippen LogP contribution in [0.25, 0.3) is 10.9 Å². The molecule has 0 spiro atoms. The third-order valence-electron chi connectivity index (χ3n) is 4.34. The Morgan fingerprint density at radius 3 is 2.91 bits per heavy atom. The van der Waals surface area contributed by atoms with Crippen molar-refractivity contribution in [2.24, 2.45) is 7.05 Å². The number of para-hydroxylation sites is 1. The monoisotopic (exact) mass is 330 g/mol. The fourth-order valence-electron chi connectivity index (χ4n) is 3.16. The zero-order valence-corrected chi connectivity index (χ0v) is 13.7. The van der Waals surface area contributed by atoms with Crippen LogP contribution in [-0.4, -0.2) is 21.9 Å². The lowest BCUT2D eigenvalue weighted by atomic mass is 10.1. The van der Waals surface area contributed by atoms with Crippen molar-refractivity contribution in [3.05, 3.63) is 56.9 Å². The minimum absolute atomic E-state index is 0.0144. The first-order chi connectivity index (χ1) is 10.7. The molecule has 0 N–H and O–H groups in total. The lowest BCUT2D eigenvalue weighted by Gasteiger charge is -2.27. The van der Waals surface area contributed by atoms with E-state index in [9.17, 15) is 4.79 Å². The highest BCUT2D eigenvalue weighted by atomic mass is 35.5. The molecule has 2 aromatic heterocycles. The van der Waals surface area contributed by atoms with Gasteiger partial charge < -0.3 is 9.47 Å².